The summed E-state index contributed by atoms with van der Waals surface area (Å²) in [6, 6.07) is 5.71. The first-order chi connectivity index (χ1) is 9.97. The molecule has 0 saturated heterocycles. The molecule has 1 amide bonds. The average molecular weight is 353 g/mol. The Morgan fingerprint density at radius 1 is 1.43 bits per heavy atom. The fourth-order valence-electron chi connectivity index (χ4n) is 1.75. The number of nitro groups is 1. The largest absolute Gasteiger partial charge is 0.326 e. The first-order valence-corrected chi connectivity index (χ1v) is 6.99. The summed E-state index contributed by atoms with van der Waals surface area (Å²) in [6.07, 6.45) is 1.95. The van der Waals surface area contributed by atoms with E-state index in [-0.39, 0.29) is 18.0 Å². The van der Waals surface area contributed by atoms with Gasteiger partial charge in [0.1, 0.15) is 0 Å². The summed E-state index contributed by atoms with van der Waals surface area (Å²) in [6.45, 7) is 2.38. The van der Waals surface area contributed by atoms with Crippen molar-refractivity contribution in [2.45, 2.75) is 19.9 Å². The molecule has 7 nitrogen and oxygen atoms in total. The van der Waals surface area contributed by atoms with E-state index in [1.165, 1.54) is 24.3 Å². The zero-order chi connectivity index (χ0) is 15.4. The second-order valence-electron chi connectivity index (χ2n) is 4.40. The lowest BCUT2D eigenvalue weighted by atomic mass is 10.2. The quantitative estimate of drug-likeness (QED) is 0.661. The number of anilines is 1. The van der Waals surface area contributed by atoms with Crippen LogP contribution in [0.3, 0.4) is 0 Å². The summed E-state index contributed by atoms with van der Waals surface area (Å²) in [5, 5.41) is 17.4. The van der Waals surface area contributed by atoms with Gasteiger partial charge in [0.25, 0.3) is 5.69 Å². The fraction of sp³-hybridized carbons (Fsp3) is 0.231. The summed E-state index contributed by atoms with van der Waals surface area (Å²) in [5.41, 5.74) is 1.48. The minimum atomic E-state index is -0.482. The van der Waals surface area contributed by atoms with E-state index in [9.17, 15) is 14.9 Å². The SMILES string of the molecule is Cc1c(Br)cnn1CCC(=O)Nc1ccc([N+](=O)[O-])cc1. The number of carbonyl (C=O) groups is 1. The van der Waals surface area contributed by atoms with E-state index in [0.29, 0.717) is 12.2 Å². The van der Waals surface area contributed by atoms with Crippen LogP contribution in [0.15, 0.2) is 34.9 Å². The van der Waals surface area contributed by atoms with Crippen LogP contribution in [0.5, 0.6) is 0 Å². The molecule has 1 heterocycles. The Kier molecular flexibility index (Phi) is 4.69. The Balaban J connectivity index is 1.89. The van der Waals surface area contributed by atoms with Crippen molar-refractivity contribution >= 4 is 33.2 Å². The molecular weight excluding hydrogens is 340 g/mol. The van der Waals surface area contributed by atoms with Crippen molar-refractivity contribution in [2.75, 3.05) is 5.32 Å². The second kappa shape index (κ2) is 6.49. The highest BCUT2D eigenvalue weighted by Crippen LogP contribution is 2.16. The zero-order valence-electron chi connectivity index (χ0n) is 11.2. The summed E-state index contributed by atoms with van der Waals surface area (Å²) in [4.78, 5) is 21.9. The summed E-state index contributed by atoms with van der Waals surface area (Å²) >= 11 is 3.36. The predicted molar refractivity (Wildman–Crippen MR) is 81.0 cm³/mol. The van der Waals surface area contributed by atoms with E-state index in [1.54, 1.807) is 10.9 Å². The number of non-ortho nitro benzene ring substituents is 1. The molecule has 8 heteroatoms. The van der Waals surface area contributed by atoms with Crippen molar-refractivity contribution in [1.82, 2.24) is 9.78 Å². The van der Waals surface area contributed by atoms with Crippen LogP contribution in [0, 0.1) is 17.0 Å². The third kappa shape index (κ3) is 3.88. The minimum Gasteiger partial charge on any atom is -0.326 e. The number of hydrogen-bond donors (Lipinski definition) is 1. The van der Waals surface area contributed by atoms with Crippen molar-refractivity contribution in [1.29, 1.82) is 0 Å². The molecule has 0 aliphatic carbocycles. The number of benzene rings is 1. The third-order valence-electron chi connectivity index (χ3n) is 2.96. The molecule has 1 N–H and O–H groups in total. The number of aryl methyl sites for hydroxylation is 1. The molecular formula is C13H13BrN4O3. The predicted octanol–water partition coefficient (Wildman–Crippen LogP) is 2.89. The number of hydrogen-bond acceptors (Lipinski definition) is 4. The van der Waals surface area contributed by atoms with Gasteiger partial charge in [-0.25, -0.2) is 0 Å². The molecule has 0 aliphatic heterocycles. The summed E-state index contributed by atoms with van der Waals surface area (Å²) < 4.78 is 2.64. The van der Waals surface area contributed by atoms with Gasteiger partial charge < -0.3 is 5.32 Å². The number of nitrogens with one attached hydrogen (secondary N) is 1. The Morgan fingerprint density at radius 2 is 2.10 bits per heavy atom. The van der Waals surface area contributed by atoms with Gasteiger partial charge in [0.15, 0.2) is 0 Å². The maximum absolute atomic E-state index is 11.8. The molecule has 0 radical (unpaired) electrons. The van der Waals surface area contributed by atoms with E-state index in [0.717, 1.165) is 10.2 Å². The average Bonchev–Trinajstić information content (AvgIpc) is 2.77. The molecule has 1 aromatic heterocycles. The maximum atomic E-state index is 11.8. The van der Waals surface area contributed by atoms with Gasteiger partial charge in [0, 0.05) is 29.9 Å². The van der Waals surface area contributed by atoms with Crippen LogP contribution in [-0.2, 0) is 11.3 Å². The highest BCUT2D eigenvalue weighted by Gasteiger charge is 2.08. The Morgan fingerprint density at radius 3 is 2.62 bits per heavy atom. The number of nitro benzene ring substituents is 1. The third-order valence-corrected chi connectivity index (χ3v) is 3.73. The lowest BCUT2D eigenvalue weighted by Crippen LogP contribution is -2.15. The Hall–Kier alpha value is -2.22. The topological polar surface area (TPSA) is 90.1 Å². The molecule has 0 atom stereocenters. The Labute approximate surface area is 129 Å². The number of amides is 1. The van der Waals surface area contributed by atoms with E-state index in [2.05, 4.69) is 26.3 Å². The molecule has 2 aromatic rings. The van der Waals surface area contributed by atoms with Gasteiger partial charge in [-0.3, -0.25) is 19.6 Å². The van der Waals surface area contributed by atoms with Gasteiger partial charge in [-0.15, -0.1) is 0 Å². The first-order valence-electron chi connectivity index (χ1n) is 6.19. The highest BCUT2D eigenvalue weighted by molar-refractivity contribution is 9.10. The lowest BCUT2D eigenvalue weighted by molar-refractivity contribution is -0.384. The fourth-order valence-corrected chi connectivity index (χ4v) is 2.04. The number of nitrogens with zero attached hydrogens (tertiary/aromatic N) is 3. The number of halogens is 1. The van der Waals surface area contributed by atoms with Gasteiger partial charge in [-0.1, -0.05) is 0 Å². The van der Waals surface area contributed by atoms with Crippen molar-refractivity contribution in [3.05, 3.63) is 50.7 Å². The molecule has 0 saturated carbocycles. The lowest BCUT2D eigenvalue weighted by Gasteiger charge is -2.06. The van der Waals surface area contributed by atoms with E-state index in [4.69, 9.17) is 0 Å². The van der Waals surface area contributed by atoms with Gasteiger partial charge in [0.2, 0.25) is 5.91 Å². The molecule has 110 valence electrons. The monoisotopic (exact) mass is 352 g/mol. The van der Waals surface area contributed by atoms with E-state index < -0.39 is 4.92 Å². The van der Waals surface area contributed by atoms with Crippen molar-refractivity contribution < 1.29 is 9.72 Å². The Bertz CT molecular complexity index is 667. The molecule has 2 rings (SSSR count). The normalized spacial score (nSPS) is 10.4. The maximum Gasteiger partial charge on any atom is 0.269 e. The van der Waals surface area contributed by atoms with E-state index >= 15 is 0 Å². The molecule has 0 unspecified atom stereocenters. The van der Waals surface area contributed by atoms with Crippen LogP contribution in [0.25, 0.3) is 0 Å². The zero-order valence-corrected chi connectivity index (χ0v) is 12.8. The van der Waals surface area contributed by atoms with Crippen LogP contribution in [0.2, 0.25) is 0 Å². The molecule has 0 fully saturated rings. The van der Waals surface area contributed by atoms with Gasteiger partial charge >= 0.3 is 0 Å². The molecule has 0 aliphatic rings. The summed E-state index contributed by atoms with van der Waals surface area (Å²) in [7, 11) is 0. The highest BCUT2D eigenvalue weighted by atomic mass is 79.9. The molecule has 21 heavy (non-hydrogen) atoms. The molecule has 1 aromatic carbocycles. The molecule has 0 bridgehead atoms. The van der Waals surface area contributed by atoms with Crippen LogP contribution in [0.1, 0.15) is 12.1 Å². The number of carbonyl (C=O) groups excluding carboxylic acids is 1. The number of rotatable bonds is 5. The first kappa shape index (κ1) is 15.2. The number of aromatic nitrogens is 2. The van der Waals surface area contributed by atoms with Crippen LogP contribution >= 0.6 is 15.9 Å². The van der Waals surface area contributed by atoms with Gasteiger partial charge in [-0.05, 0) is 35.0 Å². The van der Waals surface area contributed by atoms with Crippen molar-refractivity contribution in [2.24, 2.45) is 0 Å². The van der Waals surface area contributed by atoms with Crippen LogP contribution < -0.4 is 5.32 Å². The van der Waals surface area contributed by atoms with E-state index in [1.807, 2.05) is 6.92 Å². The second-order valence-corrected chi connectivity index (χ2v) is 5.26. The van der Waals surface area contributed by atoms with Crippen LogP contribution in [0.4, 0.5) is 11.4 Å². The molecule has 0 spiro atoms. The smallest absolute Gasteiger partial charge is 0.269 e. The van der Waals surface area contributed by atoms with Crippen molar-refractivity contribution in [3.8, 4) is 0 Å². The van der Waals surface area contributed by atoms with Crippen molar-refractivity contribution in [3.63, 3.8) is 0 Å². The van der Waals surface area contributed by atoms with Crippen LogP contribution in [-0.4, -0.2) is 20.6 Å². The van der Waals surface area contributed by atoms with Gasteiger partial charge in [0.05, 0.1) is 22.1 Å². The standard InChI is InChI=1S/C13H13BrN4O3/c1-9-12(14)8-15-17(9)7-6-13(19)16-10-2-4-11(5-3-10)18(20)21/h2-5,8H,6-7H2,1H3,(H,16,19). The summed E-state index contributed by atoms with van der Waals surface area (Å²) in [5.74, 6) is -0.171. The van der Waals surface area contributed by atoms with Gasteiger partial charge in [-0.2, -0.15) is 5.10 Å². The minimum absolute atomic E-state index is 0.00925.